The lowest BCUT2D eigenvalue weighted by atomic mass is 9.46. The van der Waals surface area contributed by atoms with Crippen molar-refractivity contribution in [3.8, 4) is 0 Å². The first kappa shape index (κ1) is 22.9. The fourth-order valence-corrected chi connectivity index (χ4v) is 9.34. The van der Waals surface area contributed by atoms with Crippen LogP contribution in [-0.2, 0) is 0 Å². The van der Waals surface area contributed by atoms with Crippen LogP contribution < -0.4 is 0 Å². The van der Waals surface area contributed by atoms with Crippen LogP contribution in [0.2, 0.25) is 0 Å². The highest BCUT2D eigenvalue weighted by atomic mass is 16.3. The number of rotatable bonds is 6. The summed E-state index contributed by atoms with van der Waals surface area (Å²) in [6, 6.07) is 0. The Morgan fingerprint density at radius 2 is 1.77 bits per heavy atom. The third-order valence-corrected chi connectivity index (χ3v) is 11.3. The molecule has 3 fully saturated rings. The van der Waals surface area contributed by atoms with E-state index in [9.17, 15) is 5.11 Å². The van der Waals surface area contributed by atoms with Gasteiger partial charge in [-0.15, -0.1) is 0 Å². The molecule has 3 saturated carbocycles. The van der Waals surface area contributed by atoms with Gasteiger partial charge < -0.3 is 5.11 Å². The molecular weight excluding hydrogens is 364 g/mol. The van der Waals surface area contributed by atoms with Gasteiger partial charge in [0.15, 0.2) is 0 Å². The van der Waals surface area contributed by atoms with Gasteiger partial charge in [0.1, 0.15) is 0 Å². The Labute approximate surface area is 187 Å². The van der Waals surface area contributed by atoms with Gasteiger partial charge in [0, 0.05) is 0 Å². The van der Waals surface area contributed by atoms with Gasteiger partial charge >= 0.3 is 0 Å². The maximum atomic E-state index is 11.3. The SMILES string of the molecule is CCC(CC[C@@H](C)C1CCC2C3C(O)C=C4CCCC[C@]4(C)C3CC[C@@]21C)C(C)C. The lowest BCUT2D eigenvalue weighted by molar-refractivity contribution is -0.0923. The van der Waals surface area contributed by atoms with Crippen molar-refractivity contribution in [1.82, 2.24) is 0 Å². The number of hydrogen-bond donors (Lipinski definition) is 1. The summed E-state index contributed by atoms with van der Waals surface area (Å²) in [5.41, 5.74) is 2.46. The van der Waals surface area contributed by atoms with Crippen molar-refractivity contribution in [2.45, 2.75) is 118 Å². The lowest BCUT2D eigenvalue weighted by Crippen LogP contribution is -2.54. The molecule has 0 spiro atoms. The second kappa shape index (κ2) is 8.57. The standard InChI is InChI=1S/C29H50O/c1-7-21(19(2)3)12-11-20(4)23-13-14-24-27-25(15-17-29(23,24)6)28(5)16-9-8-10-22(28)18-26(27)30/h18-21,23-27,30H,7-17H2,1-6H3/t20-,21?,23?,24?,25?,26?,27?,28+,29-/m1/s1. The largest absolute Gasteiger partial charge is 0.389 e. The summed E-state index contributed by atoms with van der Waals surface area (Å²) in [4.78, 5) is 0. The second-order valence-electron chi connectivity index (χ2n) is 12.8. The van der Waals surface area contributed by atoms with Crippen molar-refractivity contribution >= 4 is 0 Å². The van der Waals surface area contributed by atoms with Crippen LogP contribution in [0.25, 0.3) is 0 Å². The van der Waals surface area contributed by atoms with Gasteiger partial charge in [-0.1, -0.05) is 72.5 Å². The molecular formula is C29H50O. The molecule has 0 saturated heterocycles. The summed E-state index contributed by atoms with van der Waals surface area (Å²) in [5, 5.41) is 11.3. The van der Waals surface area contributed by atoms with E-state index in [1.807, 2.05) is 0 Å². The fourth-order valence-electron chi connectivity index (χ4n) is 9.34. The van der Waals surface area contributed by atoms with Crippen molar-refractivity contribution in [3.63, 3.8) is 0 Å². The molecule has 1 heteroatoms. The molecule has 4 aliphatic rings. The zero-order valence-corrected chi connectivity index (χ0v) is 20.9. The van der Waals surface area contributed by atoms with Gasteiger partial charge in [0.05, 0.1) is 6.10 Å². The molecule has 30 heavy (non-hydrogen) atoms. The van der Waals surface area contributed by atoms with E-state index < -0.39 is 0 Å². The Morgan fingerprint density at radius 1 is 1.00 bits per heavy atom. The molecule has 4 rings (SSSR count). The molecule has 0 amide bonds. The Hall–Kier alpha value is -0.300. The average Bonchev–Trinajstić information content (AvgIpc) is 3.05. The predicted octanol–water partition coefficient (Wildman–Crippen LogP) is 8.02. The van der Waals surface area contributed by atoms with E-state index in [0.717, 1.165) is 35.5 Å². The van der Waals surface area contributed by atoms with E-state index >= 15 is 0 Å². The molecule has 0 aromatic carbocycles. The van der Waals surface area contributed by atoms with E-state index in [-0.39, 0.29) is 6.10 Å². The van der Waals surface area contributed by atoms with Gasteiger partial charge in [-0.2, -0.15) is 0 Å². The molecule has 0 bridgehead atoms. The highest BCUT2D eigenvalue weighted by molar-refractivity contribution is 5.27. The molecule has 1 N–H and O–H groups in total. The van der Waals surface area contributed by atoms with Gasteiger partial charge in [-0.05, 0) is 104 Å². The highest BCUT2D eigenvalue weighted by Gasteiger charge is 2.60. The molecule has 9 atom stereocenters. The number of aliphatic hydroxyl groups excluding tert-OH is 1. The van der Waals surface area contributed by atoms with E-state index in [4.69, 9.17) is 0 Å². The van der Waals surface area contributed by atoms with Crippen molar-refractivity contribution in [2.75, 3.05) is 0 Å². The van der Waals surface area contributed by atoms with Crippen LogP contribution in [0.1, 0.15) is 112 Å². The topological polar surface area (TPSA) is 20.2 Å². The van der Waals surface area contributed by atoms with Crippen LogP contribution in [0, 0.1) is 52.3 Å². The number of allylic oxidation sites excluding steroid dienone is 1. The van der Waals surface area contributed by atoms with E-state index in [1.54, 1.807) is 5.57 Å². The van der Waals surface area contributed by atoms with Crippen molar-refractivity contribution in [3.05, 3.63) is 11.6 Å². The molecule has 0 radical (unpaired) electrons. The summed E-state index contributed by atoms with van der Waals surface area (Å²) in [6.45, 7) is 15.0. The molecule has 0 heterocycles. The number of hydrogen-bond acceptors (Lipinski definition) is 1. The first-order chi connectivity index (χ1) is 14.2. The van der Waals surface area contributed by atoms with Gasteiger partial charge in [-0.25, -0.2) is 0 Å². The number of fused-ring (bicyclic) bond motifs is 5. The summed E-state index contributed by atoms with van der Waals surface area (Å²) >= 11 is 0. The third kappa shape index (κ3) is 3.64. The van der Waals surface area contributed by atoms with Crippen LogP contribution in [0.3, 0.4) is 0 Å². The Bertz CT molecular complexity index is 634. The van der Waals surface area contributed by atoms with Gasteiger partial charge in [0.2, 0.25) is 0 Å². The van der Waals surface area contributed by atoms with Gasteiger partial charge in [0.25, 0.3) is 0 Å². The lowest BCUT2D eigenvalue weighted by Gasteiger charge is -2.59. The number of aliphatic hydroxyl groups is 1. The molecule has 0 aromatic rings. The normalized spacial score (nSPS) is 45.3. The van der Waals surface area contributed by atoms with E-state index in [1.165, 1.54) is 70.6 Å². The van der Waals surface area contributed by atoms with Crippen LogP contribution >= 0.6 is 0 Å². The molecule has 4 aliphatic carbocycles. The zero-order chi connectivity index (χ0) is 21.7. The smallest absolute Gasteiger partial charge is 0.0757 e. The van der Waals surface area contributed by atoms with Crippen LogP contribution in [0.4, 0.5) is 0 Å². The zero-order valence-electron chi connectivity index (χ0n) is 20.9. The Balaban J connectivity index is 1.51. The highest BCUT2D eigenvalue weighted by Crippen LogP contribution is 2.67. The Morgan fingerprint density at radius 3 is 2.47 bits per heavy atom. The Kier molecular flexibility index (Phi) is 6.53. The van der Waals surface area contributed by atoms with E-state index in [0.29, 0.717) is 16.7 Å². The monoisotopic (exact) mass is 414 g/mol. The summed E-state index contributed by atoms with van der Waals surface area (Å²) in [6.07, 6.45) is 17.2. The maximum absolute atomic E-state index is 11.3. The van der Waals surface area contributed by atoms with Gasteiger partial charge in [-0.3, -0.25) is 0 Å². The third-order valence-electron chi connectivity index (χ3n) is 11.3. The van der Waals surface area contributed by atoms with Crippen LogP contribution in [-0.4, -0.2) is 11.2 Å². The minimum Gasteiger partial charge on any atom is -0.389 e. The minimum absolute atomic E-state index is 0.180. The van der Waals surface area contributed by atoms with E-state index in [2.05, 4.69) is 47.6 Å². The first-order valence-corrected chi connectivity index (χ1v) is 13.6. The maximum Gasteiger partial charge on any atom is 0.0757 e. The molecule has 0 aliphatic heterocycles. The average molecular weight is 415 g/mol. The fraction of sp³-hybridized carbons (Fsp3) is 0.931. The predicted molar refractivity (Wildman–Crippen MR) is 128 cm³/mol. The first-order valence-electron chi connectivity index (χ1n) is 13.6. The summed E-state index contributed by atoms with van der Waals surface area (Å²) in [5.74, 6) is 5.40. The molecule has 172 valence electrons. The molecule has 1 nitrogen and oxygen atoms in total. The van der Waals surface area contributed by atoms with Crippen molar-refractivity contribution in [2.24, 2.45) is 52.3 Å². The minimum atomic E-state index is -0.180. The van der Waals surface area contributed by atoms with Crippen LogP contribution in [0.5, 0.6) is 0 Å². The summed E-state index contributed by atoms with van der Waals surface area (Å²) < 4.78 is 0. The van der Waals surface area contributed by atoms with Crippen molar-refractivity contribution in [1.29, 1.82) is 0 Å². The van der Waals surface area contributed by atoms with Crippen LogP contribution in [0.15, 0.2) is 11.6 Å². The summed E-state index contributed by atoms with van der Waals surface area (Å²) in [7, 11) is 0. The quantitative estimate of drug-likeness (QED) is 0.436. The molecule has 0 aromatic heterocycles. The van der Waals surface area contributed by atoms with Crippen molar-refractivity contribution < 1.29 is 5.11 Å². The second-order valence-corrected chi connectivity index (χ2v) is 12.8. The molecule has 6 unspecified atom stereocenters.